The number of hydrogen-bond donors (Lipinski definition) is 3. The summed E-state index contributed by atoms with van der Waals surface area (Å²) in [6.45, 7) is 8.06. The predicted molar refractivity (Wildman–Crippen MR) is 119 cm³/mol. The maximum atomic E-state index is 12.9. The van der Waals surface area contributed by atoms with Crippen LogP contribution < -0.4 is 15.8 Å². The van der Waals surface area contributed by atoms with Gasteiger partial charge in [0.1, 0.15) is 5.75 Å². The minimum absolute atomic E-state index is 0.126. The third-order valence-electron chi connectivity index (χ3n) is 5.41. The molecule has 0 aliphatic carbocycles. The van der Waals surface area contributed by atoms with Crippen molar-refractivity contribution in [2.45, 2.75) is 45.3 Å². The highest BCUT2D eigenvalue weighted by Gasteiger charge is 2.27. The van der Waals surface area contributed by atoms with Gasteiger partial charge < -0.3 is 20.9 Å². The minimum Gasteiger partial charge on any atom is -0.410 e. The lowest BCUT2D eigenvalue weighted by atomic mass is 9.82. The topological polar surface area (TPSA) is 105 Å². The van der Waals surface area contributed by atoms with Crippen LogP contribution in [0, 0.1) is 0 Å². The van der Waals surface area contributed by atoms with Crippen molar-refractivity contribution in [3.05, 3.63) is 64.7 Å². The van der Waals surface area contributed by atoms with Crippen LogP contribution in [0.4, 0.5) is 4.79 Å². The number of nitrogens with one attached hydrogen (secondary N) is 1. The number of rotatable bonds is 6. The summed E-state index contributed by atoms with van der Waals surface area (Å²) in [6.07, 6.45) is -0.671. The number of β-amino-alcohol motifs (C(OH)–C–C–N with tert-alkyl or cyclic N) is 1. The first-order valence-electron chi connectivity index (χ1n) is 10.5. The van der Waals surface area contributed by atoms with Crippen LogP contribution in [0.2, 0.25) is 0 Å². The molecule has 0 aromatic heterocycles. The summed E-state index contributed by atoms with van der Waals surface area (Å²) in [6, 6.07) is 13.3. The molecule has 166 valence electrons. The zero-order valence-electron chi connectivity index (χ0n) is 18.4. The van der Waals surface area contributed by atoms with Gasteiger partial charge in [0.15, 0.2) is 0 Å². The van der Waals surface area contributed by atoms with E-state index in [1.54, 1.807) is 18.2 Å². The molecular formula is C24H31N3O4. The van der Waals surface area contributed by atoms with Crippen molar-refractivity contribution in [1.82, 2.24) is 10.2 Å². The second kappa shape index (κ2) is 9.49. The fraction of sp³-hybridized carbons (Fsp3) is 0.417. The zero-order valence-corrected chi connectivity index (χ0v) is 18.4. The monoisotopic (exact) mass is 425 g/mol. The molecule has 0 radical (unpaired) electrons. The van der Waals surface area contributed by atoms with Gasteiger partial charge in [0.2, 0.25) is 0 Å². The van der Waals surface area contributed by atoms with E-state index in [2.05, 4.69) is 22.3 Å². The molecule has 1 aliphatic rings. The van der Waals surface area contributed by atoms with E-state index in [4.69, 9.17) is 10.5 Å². The van der Waals surface area contributed by atoms with Gasteiger partial charge >= 0.3 is 6.09 Å². The molecule has 0 bridgehead atoms. The number of carbonyl (C=O) groups is 2. The van der Waals surface area contributed by atoms with Crippen molar-refractivity contribution >= 4 is 12.0 Å². The first-order chi connectivity index (χ1) is 14.6. The number of benzene rings is 2. The summed E-state index contributed by atoms with van der Waals surface area (Å²) in [5.74, 6) is -0.0666. The van der Waals surface area contributed by atoms with Gasteiger partial charge in [0, 0.05) is 37.3 Å². The van der Waals surface area contributed by atoms with E-state index in [1.165, 1.54) is 11.1 Å². The molecule has 31 heavy (non-hydrogen) atoms. The largest absolute Gasteiger partial charge is 0.410 e. The maximum absolute atomic E-state index is 12.9. The minimum atomic E-state index is -0.929. The van der Waals surface area contributed by atoms with Gasteiger partial charge in [-0.25, -0.2) is 4.79 Å². The van der Waals surface area contributed by atoms with E-state index >= 15 is 0 Å². The zero-order chi connectivity index (χ0) is 22.6. The van der Waals surface area contributed by atoms with E-state index in [-0.39, 0.29) is 18.2 Å². The number of nitrogens with two attached hydrogens (primary N) is 1. The predicted octanol–water partition coefficient (Wildman–Crippen LogP) is 2.59. The van der Waals surface area contributed by atoms with Crippen LogP contribution in [0.5, 0.6) is 5.75 Å². The van der Waals surface area contributed by atoms with E-state index in [0.717, 1.165) is 19.5 Å². The fourth-order valence-corrected chi connectivity index (χ4v) is 4.07. The lowest BCUT2D eigenvalue weighted by Crippen LogP contribution is -2.42. The third-order valence-corrected chi connectivity index (χ3v) is 5.41. The number of aliphatic hydroxyl groups is 1. The van der Waals surface area contributed by atoms with Gasteiger partial charge in [0.05, 0.1) is 6.10 Å². The van der Waals surface area contributed by atoms with Crippen molar-refractivity contribution in [2.75, 3.05) is 19.6 Å². The summed E-state index contributed by atoms with van der Waals surface area (Å²) < 4.78 is 5.12. The molecular weight excluding hydrogens is 394 g/mol. The van der Waals surface area contributed by atoms with Crippen molar-refractivity contribution in [1.29, 1.82) is 0 Å². The summed E-state index contributed by atoms with van der Waals surface area (Å²) >= 11 is 0. The molecule has 2 aromatic rings. The Balaban J connectivity index is 1.63. The van der Waals surface area contributed by atoms with Gasteiger partial charge in [0.25, 0.3) is 5.91 Å². The Morgan fingerprint density at radius 2 is 1.87 bits per heavy atom. The Morgan fingerprint density at radius 1 is 1.16 bits per heavy atom. The number of nitrogens with zero attached hydrogens (tertiary/aromatic N) is 1. The Kier molecular flexibility index (Phi) is 6.97. The Morgan fingerprint density at radius 3 is 2.55 bits per heavy atom. The van der Waals surface area contributed by atoms with Crippen LogP contribution in [0.15, 0.2) is 42.5 Å². The second-order valence-electron chi connectivity index (χ2n) is 8.97. The van der Waals surface area contributed by atoms with Crippen LogP contribution in [-0.2, 0) is 18.4 Å². The van der Waals surface area contributed by atoms with Crippen LogP contribution in [0.25, 0.3) is 0 Å². The molecule has 0 spiro atoms. The van der Waals surface area contributed by atoms with Gasteiger partial charge in [-0.2, -0.15) is 0 Å². The summed E-state index contributed by atoms with van der Waals surface area (Å²) in [4.78, 5) is 26.4. The van der Waals surface area contributed by atoms with Crippen molar-refractivity contribution < 1.29 is 19.4 Å². The van der Waals surface area contributed by atoms with Gasteiger partial charge in [-0.15, -0.1) is 0 Å². The molecule has 0 saturated carbocycles. The number of primary amides is 1. The Hall–Kier alpha value is -2.90. The Bertz CT molecular complexity index is 952. The molecule has 1 aliphatic heterocycles. The molecule has 3 rings (SSSR count). The second-order valence-corrected chi connectivity index (χ2v) is 8.97. The van der Waals surface area contributed by atoms with Crippen molar-refractivity contribution in [3.8, 4) is 5.75 Å². The molecule has 0 saturated heterocycles. The normalized spacial score (nSPS) is 15.1. The van der Waals surface area contributed by atoms with Crippen molar-refractivity contribution in [3.63, 3.8) is 0 Å². The van der Waals surface area contributed by atoms with E-state index < -0.39 is 17.6 Å². The smallest absolute Gasteiger partial charge is 0.409 e. The Labute approximate surface area is 183 Å². The van der Waals surface area contributed by atoms with E-state index in [1.807, 2.05) is 32.9 Å². The average Bonchev–Trinajstić information content (AvgIpc) is 2.70. The van der Waals surface area contributed by atoms with Gasteiger partial charge in [-0.1, -0.05) is 51.1 Å². The number of carbonyl (C=O) groups excluding carboxylic acids is 2. The highest BCUT2D eigenvalue weighted by Crippen LogP contribution is 2.34. The van der Waals surface area contributed by atoms with E-state index in [9.17, 15) is 14.7 Å². The van der Waals surface area contributed by atoms with Crippen LogP contribution in [0.1, 0.15) is 47.8 Å². The van der Waals surface area contributed by atoms with Crippen molar-refractivity contribution in [2.24, 2.45) is 5.73 Å². The molecule has 2 aromatic carbocycles. The van der Waals surface area contributed by atoms with Crippen LogP contribution in [0.3, 0.4) is 0 Å². The van der Waals surface area contributed by atoms with Crippen LogP contribution in [-0.4, -0.2) is 47.7 Å². The first kappa shape index (κ1) is 22.8. The van der Waals surface area contributed by atoms with Crippen LogP contribution >= 0.6 is 0 Å². The molecule has 0 unspecified atom stereocenters. The average molecular weight is 426 g/mol. The SMILES string of the molecule is CC(C)(C)c1c(OC(N)=O)cccc1C(=O)NC[C@H](O)CN1CCc2ccccc2C1. The highest BCUT2D eigenvalue weighted by molar-refractivity contribution is 5.97. The lowest BCUT2D eigenvalue weighted by Gasteiger charge is -2.30. The molecule has 7 heteroatoms. The van der Waals surface area contributed by atoms with Gasteiger partial charge in [-0.3, -0.25) is 9.69 Å². The number of hydrogen-bond acceptors (Lipinski definition) is 5. The summed E-state index contributed by atoms with van der Waals surface area (Å²) in [7, 11) is 0. The third kappa shape index (κ3) is 5.83. The molecule has 4 N–H and O–H groups in total. The highest BCUT2D eigenvalue weighted by atomic mass is 16.5. The lowest BCUT2D eigenvalue weighted by molar-refractivity contribution is 0.0839. The molecule has 0 fully saturated rings. The number of amides is 2. The number of aliphatic hydroxyl groups excluding tert-OH is 1. The molecule has 1 heterocycles. The number of fused-ring (bicyclic) bond motifs is 1. The molecule has 7 nitrogen and oxygen atoms in total. The molecule has 2 amide bonds. The van der Waals surface area contributed by atoms with Gasteiger partial charge in [-0.05, 0) is 35.1 Å². The quantitative estimate of drug-likeness (QED) is 0.660. The number of ether oxygens (including phenoxy) is 1. The maximum Gasteiger partial charge on any atom is 0.409 e. The first-order valence-corrected chi connectivity index (χ1v) is 10.5. The fourth-order valence-electron chi connectivity index (χ4n) is 4.07. The molecule has 1 atom stereocenters. The summed E-state index contributed by atoms with van der Waals surface area (Å²) in [5, 5.41) is 13.3. The van der Waals surface area contributed by atoms with E-state index in [0.29, 0.717) is 17.7 Å². The standard InChI is InChI=1S/C24H31N3O4/c1-24(2,3)21-19(9-6-10-20(21)31-23(25)30)22(29)26-13-18(28)15-27-12-11-16-7-4-5-8-17(16)14-27/h4-10,18,28H,11-15H2,1-3H3,(H2,25,30)(H,26,29)/t18-/m0/s1. The summed E-state index contributed by atoms with van der Waals surface area (Å²) in [5.41, 5.74) is 8.34.